The van der Waals surface area contributed by atoms with Crippen molar-refractivity contribution in [3.05, 3.63) is 65.7 Å². The van der Waals surface area contributed by atoms with Crippen LogP contribution in [0.1, 0.15) is 69.4 Å². The summed E-state index contributed by atoms with van der Waals surface area (Å²) in [5.74, 6) is -1.35. The molecule has 0 fully saturated rings. The summed E-state index contributed by atoms with van der Waals surface area (Å²) < 4.78 is 34.9. The number of rotatable bonds is 12. The topological polar surface area (TPSA) is 9.23 Å². The first-order valence-corrected chi connectivity index (χ1v) is 10.1. The van der Waals surface area contributed by atoms with Crippen LogP contribution in [-0.2, 0) is 0 Å². The third kappa shape index (κ3) is 7.16. The van der Waals surface area contributed by atoms with Crippen molar-refractivity contribution in [1.29, 1.82) is 0 Å². The number of unbranched alkanes of at least 4 members (excludes halogenated alkanes) is 7. The normalized spacial score (nSPS) is 12.0. The van der Waals surface area contributed by atoms with E-state index in [2.05, 4.69) is 6.92 Å². The van der Waals surface area contributed by atoms with Crippen molar-refractivity contribution in [1.82, 2.24) is 0 Å². The fourth-order valence-electron chi connectivity index (χ4n) is 3.02. The zero-order chi connectivity index (χ0) is 19.3. The molecule has 27 heavy (non-hydrogen) atoms. The highest BCUT2D eigenvalue weighted by molar-refractivity contribution is 5.85. The van der Waals surface area contributed by atoms with Gasteiger partial charge in [-0.1, -0.05) is 94.3 Å². The lowest BCUT2D eigenvalue weighted by Crippen LogP contribution is -2.00. The van der Waals surface area contributed by atoms with Gasteiger partial charge in [0.1, 0.15) is 5.75 Å². The lowest BCUT2D eigenvalue weighted by atomic mass is 10.1. The second-order valence-corrected chi connectivity index (χ2v) is 6.81. The van der Waals surface area contributed by atoms with Crippen molar-refractivity contribution >= 4 is 11.7 Å². The van der Waals surface area contributed by atoms with Crippen molar-refractivity contribution in [2.45, 2.75) is 58.3 Å². The number of benzene rings is 2. The van der Waals surface area contributed by atoms with E-state index in [1.165, 1.54) is 38.5 Å². The smallest absolute Gasteiger partial charge is 0.170 e. The Labute approximate surface area is 162 Å². The number of halogens is 2. The summed E-state index contributed by atoms with van der Waals surface area (Å²) in [5.41, 5.74) is 0.395. The summed E-state index contributed by atoms with van der Waals surface area (Å²) in [6, 6.07) is 15.0. The van der Waals surface area contributed by atoms with E-state index >= 15 is 0 Å². The third-order valence-electron chi connectivity index (χ3n) is 4.60. The van der Waals surface area contributed by atoms with Crippen LogP contribution >= 0.6 is 0 Å². The molecule has 0 aromatic heterocycles. The van der Waals surface area contributed by atoms with Crippen LogP contribution in [-0.4, -0.2) is 6.61 Å². The maximum atomic E-state index is 14.7. The number of ether oxygens (including phenoxy) is 1. The van der Waals surface area contributed by atoms with Crippen LogP contribution in [0.3, 0.4) is 0 Å². The molecule has 0 saturated carbocycles. The van der Waals surface area contributed by atoms with E-state index < -0.39 is 11.7 Å². The Morgan fingerprint density at radius 2 is 1.30 bits per heavy atom. The van der Waals surface area contributed by atoms with E-state index in [9.17, 15) is 8.78 Å². The Morgan fingerprint density at radius 3 is 2.00 bits per heavy atom. The first kappa shape index (κ1) is 21.1. The second kappa shape index (κ2) is 12.3. The van der Waals surface area contributed by atoms with Crippen molar-refractivity contribution < 1.29 is 13.5 Å². The van der Waals surface area contributed by atoms with Crippen LogP contribution in [0.15, 0.2) is 54.6 Å². The van der Waals surface area contributed by atoms with Crippen molar-refractivity contribution in [3.8, 4) is 5.75 Å². The fourth-order valence-corrected chi connectivity index (χ4v) is 3.02. The molecule has 0 bridgehead atoms. The standard InChI is InChI=1S/C24H30F2O/c1-2-3-4-5-6-7-8-14-19-27-22-18-13-12-17-21(22)24(26)23(25)20-15-10-9-11-16-20/h9-13,15-18H,2-8,14,19H2,1H3. The Hall–Kier alpha value is -2.16. The summed E-state index contributed by atoms with van der Waals surface area (Å²) >= 11 is 0. The third-order valence-corrected chi connectivity index (χ3v) is 4.60. The molecule has 0 atom stereocenters. The average molecular weight is 372 g/mol. The molecule has 0 spiro atoms. The van der Waals surface area contributed by atoms with Gasteiger partial charge in [0.2, 0.25) is 0 Å². The minimum atomic E-state index is -0.882. The molecule has 0 radical (unpaired) electrons. The van der Waals surface area contributed by atoms with Gasteiger partial charge in [0.05, 0.1) is 12.2 Å². The zero-order valence-electron chi connectivity index (χ0n) is 16.2. The largest absolute Gasteiger partial charge is 0.493 e. The molecule has 3 heteroatoms. The average Bonchev–Trinajstić information content (AvgIpc) is 2.72. The molecule has 146 valence electrons. The lowest BCUT2D eigenvalue weighted by Gasteiger charge is -2.11. The van der Waals surface area contributed by atoms with Crippen molar-refractivity contribution in [3.63, 3.8) is 0 Å². The lowest BCUT2D eigenvalue weighted by molar-refractivity contribution is 0.303. The first-order valence-electron chi connectivity index (χ1n) is 10.1. The fraction of sp³-hybridized carbons (Fsp3) is 0.417. The maximum absolute atomic E-state index is 14.7. The molecule has 2 rings (SSSR count). The second-order valence-electron chi connectivity index (χ2n) is 6.81. The predicted octanol–water partition coefficient (Wildman–Crippen LogP) is 7.97. The molecule has 0 amide bonds. The SMILES string of the molecule is CCCCCCCCCCOc1ccccc1C(F)=C(F)c1ccccc1. The van der Waals surface area contributed by atoms with Gasteiger partial charge < -0.3 is 4.74 Å². The predicted molar refractivity (Wildman–Crippen MR) is 110 cm³/mol. The molecule has 0 unspecified atom stereocenters. The molecule has 0 aliphatic rings. The van der Waals surface area contributed by atoms with E-state index in [1.807, 2.05) is 0 Å². The summed E-state index contributed by atoms with van der Waals surface area (Å²) in [5, 5.41) is 0. The summed E-state index contributed by atoms with van der Waals surface area (Å²) in [7, 11) is 0. The van der Waals surface area contributed by atoms with Crippen LogP contribution in [0.2, 0.25) is 0 Å². The molecule has 0 aliphatic heterocycles. The van der Waals surface area contributed by atoms with Gasteiger partial charge in [-0.05, 0) is 18.6 Å². The van der Waals surface area contributed by atoms with Crippen LogP contribution < -0.4 is 4.74 Å². The molecular weight excluding hydrogens is 342 g/mol. The van der Waals surface area contributed by atoms with Gasteiger partial charge in [-0.3, -0.25) is 0 Å². The van der Waals surface area contributed by atoms with Crippen molar-refractivity contribution in [2.75, 3.05) is 6.61 Å². The van der Waals surface area contributed by atoms with Crippen LogP contribution in [0, 0.1) is 0 Å². The van der Waals surface area contributed by atoms with Gasteiger partial charge in [0.25, 0.3) is 0 Å². The molecule has 0 N–H and O–H groups in total. The highest BCUT2D eigenvalue weighted by atomic mass is 19.2. The Morgan fingerprint density at radius 1 is 0.704 bits per heavy atom. The van der Waals surface area contributed by atoms with E-state index in [0.717, 1.165) is 12.8 Å². The Bertz CT molecular complexity index is 695. The van der Waals surface area contributed by atoms with E-state index in [-0.39, 0.29) is 11.1 Å². The minimum absolute atomic E-state index is 0.165. The van der Waals surface area contributed by atoms with Gasteiger partial charge in [-0.2, -0.15) is 0 Å². The maximum Gasteiger partial charge on any atom is 0.170 e. The van der Waals surface area contributed by atoms with E-state index in [1.54, 1.807) is 54.6 Å². The molecule has 0 saturated heterocycles. The molecule has 2 aromatic rings. The highest BCUT2D eigenvalue weighted by Crippen LogP contribution is 2.34. The number of hydrogen-bond acceptors (Lipinski definition) is 1. The van der Waals surface area contributed by atoms with E-state index in [0.29, 0.717) is 12.4 Å². The van der Waals surface area contributed by atoms with Gasteiger partial charge in [-0.25, -0.2) is 8.78 Å². The van der Waals surface area contributed by atoms with Gasteiger partial charge in [0.15, 0.2) is 11.7 Å². The monoisotopic (exact) mass is 372 g/mol. The first-order chi connectivity index (χ1) is 13.2. The Kier molecular flexibility index (Phi) is 9.61. The van der Waals surface area contributed by atoms with Crippen LogP contribution in [0.4, 0.5) is 8.78 Å². The zero-order valence-corrected chi connectivity index (χ0v) is 16.2. The summed E-state index contributed by atoms with van der Waals surface area (Å²) in [4.78, 5) is 0. The van der Waals surface area contributed by atoms with Gasteiger partial charge in [0, 0.05) is 5.56 Å². The molecular formula is C24H30F2O. The van der Waals surface area contributed by atoms with Gasteiger partial charge in [-0.15, -0.1) is 0 Å². The van der Waals surface area contributed by atoms with Crippen LogP contribution in [0.25, 0.3) is 11.7 Å². The summed E-state index contributed by atoms with van der Waals surface area (Å²) in [6.07, 6.45) is 9.69. The summed E-state index contributed by atoms with van der Waals surface area (Å²) in [6.45, 7) is 2.74. The van der Waals surface area contributed by atoms with Gasteiger partial charge >= 0.3 is 0 Å². The number of hydrogen-bond donors (Lipinski definition) is 0. The molecule has 0 heterocycles. The molecule has 2 aromatic carbocycles. The minimum Gasteiger partial charge on any atom is -0.493 e. The van der Waals surface area contributed by atoms with Crippen LogP contribution in [0.5, 0.6) is 5.75 Å². The number of para-hydroxylation sites is 1. The molecule has 0 aliphatic carbocycles. The van der Waals surface area contributed by atoms with E-state index in [4.69, 9.17) is 4.74 Å². The van der Waals surface area contributed by atoms with Crippen molar-refractivity contribution in [2.24, 2.45) is 0 Å². The quantitative estimate of drug-likeness (QED) is 0.271. The Balaban J connectivity index is 1.87. The molecule has 1 nitrogen and oxygen atoms in total. The highest BCUT2D eigenvalue weighted by Gasteiger charge is 2.15.